The summed E-state index contributed by atoms with van der Waals surface area (Å²) >= 11 is 0. The molecule has 107 heavy (non-hydrogen) atoms. The predicted molar refractivity (Wildman–Crippen MR) is 385 cm³/mol. The number of benzene rings is 6. The molecule has 0 radical (unpaired) electrons. The Bertz CT molecular complexity index is 4720. The molecule has 2 saturated heterocycles. The van der Waals surface area contributed by atoms with Gasteiger partial charge in [-0.2, -0.15) is 8.42 Å². The molecule has 0 atom stereocenters. The highest BCUT2D eigenvalue weighted by atomic mass is 32.2. The van der Waals surface area contributed by atoms with Gasteiger partial charge >= 0.3 is 12.2 Å². The van der Waals surface area contributed by atoms with Crippen LogP contribution in [0.25, 0.3) is 21.8 Å². The lowest BCUT2D eigenvalue weighted by molar-refractivity contribution is -0.132. The third-order valence-corrected chi connectivity index (χ3v) is 18.1. The van der Waals surface area contributed by atoms with Crippen LogP contribution in [0.2, 0.25) is 0 Å². The number of likely N-dealkylation sites (tertiary alicyclic amines) is 2. The van der Waals surface area contributed by atoms with E-state index in [1.165, 1.54) is 112 Å². The molecule has 4 aliphatic rings. The number of hydrogen-bond acceptors (Lipinski definition) is 21. The Morgan fingerprint density at radius 2 is 0.869 bits per heavy atom. The fourth-order valence-electron chi connectivity index (χ4n) is 11.3. The molecule has 568 valence electrons. The smallest absolute Gasteiger partial charge is 0.410 e. The van der Waals surface area contributed by atoms with Crippen LogP contribution in [0.15, 0.2) is 122 Å². The molecule has 6 amide bonds. The zero-order valence-corrected chi connectivity index (χ0v) is 61.0. The van der Waals surface area contributed by atoms with Crippen molar-refractivity contribution in [2.45, 2.75) is 104 Å². The van der Waals surface area contributed by atoms with E-state index in [0.717, 1.165) is 44.1 Å². The molecule has 2 aliphatic heterocycles. The highest BCUT2D eigenvalue weighted by Gasteiger charge is 2.57. The minimum atomic E-state index is -3.38. The number of anilines is 4. The minimum absolute atomic E-state index is 0.0355. The second kappa shape index (κ2) is 33.1. The van der Waals surface area contributed by atoms with Crippen LogP contribution in [0.3, 0.4) is 0 Å². The number of ether oxygens (including phenoxy) is 7. The number of methoxy groups -OCH3 is 2. The lowest BCUT2D eigenvalue weighted by atomic mass is 9.98. The van der Waals surface area contributed by atoms with Crippen LogP contribution in [0.5, 0.6) is 46.3 Å². The summed E-state index contributed by atoms with van der Waals surface area (Å²) in [5.74, 6) is -3.53. The van der Waals surface area contributed by atoms with Gasteiger partial charge in [-0.15, -0.1) is 0 Å². The predicted octanol–water partition coefficient (Wildman–Crippen LogP) is 13.5. The summed E-state index contributed by atoms with van der Waals surface area (Å²) < 4.78 is 122. The molecule has 4 heterocycles. The lowest BCUT2D eigenvalue weighted by Gasteiger charge is -2.33. The molecular weight excluding hydrogens is 1420 g/mol. The second-order valence-corrected chi connectivity index (χ2v) is 29.7. The number of carbonyl (C=O) groups is 6. The number of nitrogens with zero attached hydrogens (tertiary/aromatic N) is 6. The summed E-state index contributed by atoms with van der Waals surface area (Å²) in [4.78, 5) is 95.8. The maximum absolute atomic E-state index is 15.3. The number of aromatic hydroxyl groups is 1. The third-order valence-electron chi connectivity index (χ3n) is 17.5. The molecule has 5 N–H and O–H groups in total. The van der Waals surface area contributed by atoms with Crippen LogP contribution >= 0.6 is 0 Å². The first-order valence-corrected chi connectivity index (χ1v) is 36.0. The van der Waals surface area contributed by atoms with Crippen molar-refractivity contribution in [1.82, 2.24) is 29.7 Å². The normalized spacial score (nSPS) is 15.4. The van der Waals surface area contributed by atoms with Crippen LogP contribution in [0, 0.1) is 45.9 Å². The Morgan fingerprint density at radius 1 is 0.495 bits per heavy atom. The van der Waals surface area contributed by atoms with E-state index >= 15 is 4.39 Å². The van der Waals surface area contributed by atoms with Crippen molar-refractivity contribution in [3.63, 3.8) is 0 Å². The Morgan fingerprint density at radius 3 is 1.24 bits per heavy atom. The van der Waals surface area contributed by atoms with Gasteiger partial charge in [0, 0.05) is 73.2 Å². The van der Waals surface area contributed by atoms with Crippen molar-refractivity contribution in [1.29, 1.82) is 0 Å². The summed E-state index contributed by atoms with van der Waals surface area (Å²) in [6.07, 6.45) is 7.21. The van der Waals surface area contributed by atoms with E-state index in [1.807, 2.05) is 41.5 Å². The Kier molecular flexibility index (Phi) is 24.3. The van der Waals surface area contributed by atoms with Crippen LogP contribution < -0.4 is 45.0 Å². The number of amides is 6. The number of rotatable bonds is 20. The summed E-state index contributed by atoms with van der Waals surface area (Å²) in [7, 11) is -0.495. The Labute approximate surface area is 614 Å². The zero-order chi connectivity index (χ0) is 77.2. The molecule has 2 saturated carbocycles. The van der Waals surface area contributed by atoms with E-state index in [9.17, 15) is 55.5 Å². The van der Waals surface area contributed by atoms with Gasteiger partial charge in [-0.1, -0.05) is 0 Å². The summed E-state index contributed by atoms with van der Waals surface area (Å²) in [5, 5.41) is 21.2. The first kappa shape index (κ1) is 78.4. The highest BCUT2D eigenvalue weighted by Crippen LogP contribution is 2.49. The Hall–Kier alpha value is -11.2. The van der Waals surface area contributed by atoms with Crippen LogP contribution in [0.1, 0.15) is 92.9 Å². The topological polar surface area (TPSA) is 337 Å². The monoisotopic (exact) mass is 1500 g/mol. The zero-order valence-electron chi connectivity index (χ0n) is 60.2. The van der Waals surface area contributed by atoms with Gasteiger partial charge in [0.1, 0.15) is 46.3 Å². The lowest BCUT2D eigenvalue weighted by Crippen LogP contribution is -2.42. The molecule has 27 nitrogen and oxygen atoms in total. The number of nitrogens with one attached hydrogen (secondary N) is 4. The number of phenolic OH excluding ortho intramolecular Hbond substituents is 1. The first-order valence-electron chi connectivity index (χ1n) is 34.2. The molecule has 6 aromatic carbocycles. The maximum Gasteiger partial charge on any atom is 0.410 e. The van der Waals surface area contributed by atoms with E-state index in [2.05, 4.69) is 41.2 Å². The van der Waals surface area contributed by atoms with E-state index in [-0.39, 0.29) is 76.8 Å². The van der Waals surface area contributed by atoms with Crippen molar-refractivity contribution in [2.75, 3.05) is 81.1 Å². The number of hydrogen-bond donors (Lipinski definition) is 5. The summed E-state index contributed by atoms with van der Waals surface area (Å²) in [6, 6.07) is 24.3. The SMILES string of the molecule is CC(C)(C)OC(=O)N1CCC(COS(C)(=O)=O)CC1.COc1cc2c(Oc3ccc(NC(=O)C4(C(=O)Nc5ccc(F)cc5)CC4)cc3F)ncnc2cc1O.COc1cc2c(Oc3ccc(NC(=O)C4(C(=O)Nc5ccc(F)cc5)CC4)cc3F)ncnc2cc1OCC1CCN(C(=O)OC(C)(C)C)CC1. The molecule has 4 fully saturated rings. The molecule has 8 aromatic rings. The van der Waals surface area contributed by atoms with Crippen molar-refractivity contribution in [3.8, 4) is 46.3 Å². The second-order valence-electron chi connectivity index (χ2n) is 28.0. The largest absolute Gasteiger partial charge is 0.504 e. The molecule has 2 aromatic heterocycles. The van der Waals surface area contributed by atoms with Gasteiger partial charge < -0.3 is 69.3 Å². The van der Waals surface area contributed by atoms with Crippen molar-refractivity contribution >= 4 is 90.5 Å². The third kappa shape index (κ3) is 20.9. The van der Waals surface area contributed by atoms with Crippen LogP contribution in [0.4, 0.5) is 49.9 Å². The van der Waals surface area contributed by atoms with Crippen molar-refractivity contribution < 1.29 is 97.2 Å². The van der Waals surface area contributed by atoms with Gasteiger partial charge in [0.05, 0.1) is 55.5 Å². The number of halogens is 4. The molecule has 2 aliphatic carbocycles. The molecule has 0 unspecified atom stereocenters. The fraction of sp³-hybridized carbons (Fsp3) is 0.387. The Balaban J connectivity index is 0.000000190. The number of piperidine rings is 2. The quantitative estimate of drug-likeness (QED) is 0.0269. The maximum atomic E-state index is 15.3. The highest BCUT2D eigenvalue weighted by molar-refractivity contribution is 7.86. The van der Waals surface area contributed by atoms with E-state index in [4.69, 9.17) is 37.3 Å². The van der Waals surface area contributed by atoms with Gasteiger partial charge in [-0.25, -0.2) is 47.1 Å². The van der Waals surface area contributed by atoms with Crippen molar-refractivity contribution in [3.05, 3.63) is 145 Å². The standard InChI is InChI=1S/C37H39F2N5O7.C26H20F2N4O5.C12H23NO5S/c1-36(2,3)51-35(47)44-15-11-22(12-16-44)20-49-31-19-28-26(18-30(31)48-4)32(41-21-40-28)50-29-10-9-25(17-27(29)39)43-34(46)37(13-14-37)33(45)42-24-7-5-23(38)6-8-24;1-36-22-11-17-19(12-20(22)33)29-13-30-23(17)37-21-7-6-16(10-18(21)28)32-25(35)26(8-9-26)24(34)31-15-4-2-14(27)3-5-15;1-12(2,3)18-11(14)13-7-5-10(6-8-13)9-17-19(4,15)16/h5-10,17-19,21-22H,11-16,20H2,1-4H3,(H,42,45)(H,43,46);2-7,10-13,33H,8-9H2,1H3,(H,31,34)(H,32,35);10H,5-9H2,1-4H3. The summed E-state index contributed by atoms with van der Waals surface area (Å²) in [5.41, 5.74) is -1.80. The summed E-state index contributed by atoms with van der Waals surface area (Å²) in [6.45, 7) is 13.9. The van der Waals surface area contributed by atoms with Gasteiger partial charge in [0.15, 0.2) is 46.1 Å². The van der Waals surface area contributed by atoms with Gasteiger partial charge in [-0.05, 0) is 190 Å². The number of aromatic nitrogens is 4. The molecule has 12 rings (SSSR count). The molecule has 0 bridgehead atoms. The van der Waals surface area contributed by atoms with E-state index in [0.29, 0.717) is 103 Å². The minimum Gasteiger partial charge on any atom is -0.504 e. The van der Waals surface area contributed by atoms with Crippen LogP contribution in [-0.4, -0.2) is 150 Å². The number of fused-ring (bicyclic) bond motifs is 2. The average Bonchev–Trinajstić information content (AvgIpc) is 1.66. The van der Waals surface area contributed by atoms with Crippen LogP contribution in [-0.2, 0) is 43.0 Å². The molecular formula is C75H82F4N10O17S. The molecule has 0 spiro atoms. The van der Waals surface area contributed by atoms with E-state index in [1.54, 1.807) is 21.9 Å². The average molecular weight is 1500 g/mol. The van der Waals surface area contributed by atoms with Gasteiger partial charge in [-0.3, -0.25) is 23.4 Å². The number of carbonyl (C=O) groups excluding carboxylic acids is 6. The van der Waals surface area contributed by atoms with Gasteiger partial charge in [0.2, 0.25) is 35.4 Å². The van der Waals surface area contributed by atoms with Gasteiger partial charge in [0.25, 0.3) is 10.1 Å². The van der Waals surface area contributed by atoms with E-state index < -0.39 is 79.0 Å². The van der Waals surface area contributed by atoms with Crippen molar-refractivity contribution in [2.24, 2.45) is 22.7 Å². The number of phenols is 1. The molecule has 32 heteroatoms. The first-order chi connectivity index (χ1) is 50.7. The fourth-order valence-corrected chi connectivity index (χ4v) is 11.7.